The summed E-state index contributed by atoms with van der Waals surface area (Å²) < 4.78 is 21.0. The van der Waals surface area contributed by atoms with Crippen molar-refractivity contribution in [3.05, 3.63) is 48.3 Å². The number of β-amino-alcohol motifs (C(OH)–C–C–N with tert-alkyl or cyclic N) is 1. The molecule has 2 aromatic rings. The number of rotatable bonds is 4. The van der Waals surface area contributed by atoms with Crippen LogP contribution in [0.5, 0.6) is 5.75 Å². The SMILES string of the molecule is Cn1cnc(CN2CC[C@H](Oc3cccc(F)c3)[C@@](C)(O)C2)c1. The van der Waals surface area contributed by atoms with Crippen molar-refractivity contribution in [2.45, 2.75) is 31.6 Å². The molecule has 124 valence electrons. The minimum Gasteiger partial charge on any atom is -0.487 e. The maximum Gasteiger partial charge on any atom is 0.129 e. The number of ether oxygens (including phenoxy) is 1. The molecule has 1 aromatic carbocycles. The fraction of sp³-hybridized carbons (Fsp3) is 0.471. The molecule has 0 saturated carbocycles. The molecule has 23 heavy (non-hydrogen) atoms. The molecular weight excluding hydrogens is 297 g/mol. The molecule has 0 spiro atoms. The van der Waals surface area contributed by atoms with Crippen LogP contribution in [0.1, 0.15) is 19.0 Å². The fourth-order valence-corrected chi connectivity index (χ4v) is 3.05. The summed E-state index contributed by atoms with van der Waals surface area (Å²) in [7, 11) is 1.94. The van der Waals surface area contributed by atoms with Crippen LogP contribution >= 0.6 is 0 Å². The van der Waals surface area contributed by atoms with Gasteiger partial charge < -0.3 is 14.4 Å². The molecule has 6 heteroatoms. The highest BCUT2D eigenvalue weighted by Gasteiger charge is 2.39. The van der Waals surface area contributed by atoms with Gasteiger partial charge in [-0.05, 0) is 25.5 Å². The largest absolute Gasteiger partial charge is 0.487 e. The number of benzene rings is 1. The van der Waals surface area contributed by atoms with Gasteiger partial charge in [-0.15, -0.1) is 0 Å². The third-order valence-electron chi connectivity index (χ3n) is 4.16. The maximum atomic E-state index is 13.3. The van der Waals surface area contributed by atoms with Crippen molar-refractivity contribution in [3.63, 3.8) is 0 Å². The molecule has 2 atom stereocenters. The lowest BCUT2D eigenvalue weighted by Crippen LogP contribution is -2.56. The van der Waals surface area contributed by atoms with Crippen molar-refractivity contribution in [2.75, 3.05) is 13.1 Å². The molecule has 5 nitrogen and oxygen atoms in total. The predicted molar refractivity (Wildman–Crippen MR) is 84.5 cm³/mol. The van der Waals surface area contributed by atoms with Gasteiger partial charge in [0.05, 0.1) is 12.0 Å². The number of hydrogen-bond donors (Lipinski definition) is 1. The molecule has 0 amide bonds. The average molecular weight is 319 g/mol. The first-order valence-corrected chi connectivity index (χ1v) is 7.76. The molecule has 1 saturated heterocycles. The fourth-order valence-electron chi connectivity index (χ4n) is 3.05. The number of aromatic nitrogens is 2. The Hall–Kier alpha value is -1.92. The minimum absolute atomic E-state index is 0.338. The van der Waals surface area contributed by atoms with E-state index < -0.39 is 5.60 Å². The van der Waals surface area contributed by atoms with E-state index in [0.717, 1.165) is 12.2 Å². The highest BCUT2D eigenvalue weighted by Crippen LogP contribution is 2.27. The molecule has 1 aliphatic rings. The summed E-state index contributed by atoms with van der Waals surface area (Å²) in [4.78, 5) is 6.48. The first-order valence-electron chi connectivity index (χ1n) is 7.76. The van der Waals surface area contributed by atoms with E-state index in [9.17, 15) is 9.50 Å². The zero-order chi connectivity index (χ0) is 16.4. The Balaban J connectivity index is 1.63. The Kier molecular flexibility index (Phi) is 4.37. The minimum atomic E-state index is -1.00. The van der Waals surface area contributed by atoms with Crippen molar-refractivity contribution in [2.24, 2.45) is 7.05 Å². The smallest absolute Gasteiger partial charge is 0.129 e. The van der Waals surface area contributed by atoms with Gasteiger partial charge in [0.1, 0.15) is 23.3 Å². The number of imidazole rings is 1. The summed E-state index contributed by atoms with van der Waals surface area (Å²) in [6.07, 6.45) is 4.07. The zero-order valence-electron chi connectivity index (χ0n) is 13.4. The molecule has 1 N–H and O–H groups in total. The summed E-state index contributed by atoms with van der Waals surface area (Å²) in [6.45, 7) is 3.75. The molecule has 3 rings (SSSR count). The summed E-state index contributed by atoms with van der Waals surface area (Å²) in [5, 5.41) is 10.7. The Morgan fingerprint density at radius 2 is 2.30 bits per heavy atom. The van der Waals surface area contributed by atoms with Gasteiger partial charge in [0.15, 0.2) is 0 Å². The van der Waals surface area contributed by atoms with E-state index >= 15 is 0 Å². The lowest BCUT2D eigenvalue weighted by Gasteiger charge is -2.42. The van der Waals surface area contributed by atoms with Crippen LogP contribution < -0.4 is 4.74 Å². The number of hydrogen-bond acceptors (Lipinski definition) is 4. The Morgan fingerprint density at radius 3 is 2.96 bits per heavy atom. The molecule has 0 bridgehead atoms. The molecular formula is C17H22FN3O2. The third kappa shape index (κ3) is 3.89. The van der Waals surface area contributed by atoms with Crippen molar-refractivity contribution >= 4 is 0 Å². The lowest BCUT2D eigenvalue weighted by atomic mass is 9.91. The van der Waals surface area contributed by atoms with Crippen molar-refractivity contribution in [3.8, 4) is 5.75 Å². The van der Waals surface area contributed by atoms with Gasteiger partial charge in [-0.3, -0.25) is 4.90 Å². The summed E-state index contributed by atoms with van der Waals surface area (Å²) >= 11 is 0. The Morgan fingerprint density at radius 1 is 1.48 bits per heavy atom. The van der Waals surface area contributed by atoms with Crippen LogP contribution in [0.15, 0.2) is 36.8 Å². The topological polar surface area (TPSA) is 50.5 Å². The maximum absolute atomic E-state index is 13.3. The van der Waals surface area contributed by atoms with Crippen LogP contribution in [0.3, 0.4) is 0 Å². The molecule has 0 radical (unpaired) electrons. The predicted octanol–water partition coefficient (Wildman–Crippen LogP) is 1.96. The van der Waals surface area contributed by atoms with E-state index in [1.165, 1.54) is 12.1 Å². The van der Waals surface area contributed by atoms with Gasteiger partial charge in [-0.25, -0.2) is 9.37 Å². The Labute approximate surface area is 135 Å². The Bertz CT molecular complexity index is 671. The van der Waals surface area contributed by atoms with Crippen LogP contribution in [0.2, 0.25) is 0 Å². The van der Waals surface area contributed by atoms with Gasteiger partial charge in [0.25, 0.3) is 0 Å². The first kappa shape index (κ1) is 16.0. The normalized spacial score (nSPS) is 25.5. The lowest BCUT2D eigenvalue weighted by molar-refractivity contribution is -0.0995. The molecule has 0 unspecified atom stereocenters. The van der Waals surface area contributed by atoms with Crippen LogP contribution in [0.25, 0.3) is 0 Å². The number of nitrogens with zero attached hydrogens (tertiary/aromatic N) is 3. The van der Waals surface area contributed by atoms with Crippen LogP contribution in [0, 0.1) is 5.82 Å². The standard InChI is InChI=1S/C17H22FN3O2/c1-17(22)11-21(10-14-9-20(2)12-19-14)7-6-16(17)23-15-5-3-4-13(18)8-15/h3-5,8-9,12,16,22H,6-7,10-11H2,1-2H3/t16-,17-/m0/s1. The van der Waals surface area contributed by atoms with Gasteiger partial charge in [-0.2, -0.15) is 0 Å². The zero-order valence-corrected chi connectivity index (χ0v) is 13.4. The monoisotopic (exact) mass is 319 g/mol. The summed E-state index contributed by atoms with van der Waals surface area (Å²) in [6, 6.07) is 6.03. The van der Waals surface area contributed by atoms with E-state index in [1.807, 2.05) is 17.8 Å². The molecule has 0 aliphatic carbocycles. The van der Waals surface area contributed by atoms with Crippen LogP contribution in [-0.4, -0.2) is 44.4 Å². The quantitative estimate of drug-likeness (QED) is 0.936. The molecule has 2 heterocycles. The van der Waals surface area contributed by atoms with Crippen LogP contribution in [0.4, 0.5) is 4.39 Å². The molecule has 1 aromatic heterocycles. The van der Waals surface area contributed by atoms with Gasteiger partial charge in [-0.1, -0.05) is 6.07 Å². The first-order chi connectivity index (χ1) is 10.9. The average Bonchev–Trinajstić information content (AvgIpc) is 2.87. The highest BCUT2D eigenvalue weighted by molar-refractivity contribution is 5.23. The number of halogens is 1. The van der Waals surface area contributed by atoms with Gasteiger partial charge >= 0.3 is 0 Å². The van der Waals surface area contributed by atoms with E-state index in [0.29, 0.717) is 25.3 Å². The van der Waals surface area contributed by atoms with Crippen molar-refractivity contribution in [1.29, 1.82) is 0 Å². The number of aliphatic hydroxyl groups is 1. The second kappa shape index (κ2) is 6.29. The summed E-state index contributed by atoms with van der Waals surface area (Å²) in [5.74, 6) is 0.114. The number of likely N-dealkylation sites (tertiary alicyclic amines) is 1. The van der Waals surface area contributed by atoms with Crippen molar-refractivity contribution < 1.29 is 14.2 Å². The number of aryl methyl sites for hydroxylation is 1. The van der Waals surface area contributed by atoms with E-state index in [1.54, 1.807) is 25.4 Å². The van der Waals surface area contributed by atoms with Gasteiger partial charge in [0.2, 0.25) is 0 Å². The van der Waals surface area contributed by atoms with Gasteiger partial charge in [0, 0.05) is 38.9 Å². The van der Waals surface area contributed by atoms with E-state index in [-0.39, 0.29) is 11.9 Å². The van der Waals surface area contributed by atoms with E-state index in [2.05, 4.69) is 9.88 Å². The second-order valence-corrected chi connectivity index (χ2v) is 6.45. The number of piperidine rings is 1. The summed E-state index contributed by atoms with van der Waals surface area (Å²) in [5.41, 5.74) is -0.0212. The third-order valence-corrected chi connectivity index (χ3v) is 4.16. The van der Waals surface area contributed by atoms with Crippen LogP contribution in [-0.2, 0) is 13.6 Å². The van der Waals surface area contributed by atoms with Crippen molar-refractivity contribution in [1.82, 2.24) is 14.5 Å². The molecule has 1 aliphatic heterocycles. The molecule has 1 fully saturated rings. The second-order valence-electron chi connectivity index (χ2n) is 6.45. The highest BCUT2D eigenvalue weighted by atomic mass is 19.1. The van der Waals surface area contributed by atoms with E-state index in [4.69, 9.17) is 4.74 Å².